The highest BCUT2D eigenvalue weighted by atomic mass is 32.2. The van der Waals surface area contributed by atoms with Gasteiger partial charge in [0.15, 0.2) is 5.71 Å². The summed E-state index contributed by atoms with van der Waals surface area (Å²) in [7, 11) is -2.10. The number of benzene rings is 5. The van der Waals surface area contributed by atoms with Crippen molar-refractivity contribution < 1.29 is 17.5 Å². The predicted molar refractivity (Wildman–Crippen MR) is 179 cm³/mol. The molecule has 7 rings (SSSR count). The highest BCUT2D eigenvalue weighted by Crippen LogP contribution is 2.39. The summed E-state index contributed by atoms with van der Waals surface area (Å²) in [4.78, 5) is -0.178. The van der Waals surface area contributed by atoms with Crippen molar-refractivity contribution in [3.8, 4) is 5.69 Å². The van der Waals surface area contributed by atoms with Crippen LogP contribution in [0.3, 0.4) is 0 Å². The molecule has 220 valence electrons. The Labute approximate surface area is 258 Å². The summed E-state index contributed by atoms with van der Waals surface area (Å²) in [6.45, 7) is 6.44. The van der Waals surface area contributed by atoms with E-state index >= 15 is 0 Å². The minimum atomic E-state index is -4.27. The van der Waals surface area contributed by atoms with E-state index < -0.39 is 10.1 Å². The van der Waals surface area contributed by atoms with Gasteiger partial charge in [0.1, 0.15) is 17.2 Å². The molecule has 0 N–H and O–H groups in total. The molecule has 0 spiro atoms. The molecular weight excluding hydrogens is 564 g/mol. The molecule has 0 bridgehead atoms. The topological polar surface area (TPSA) is 65.1 Å². The fourth-order valence-corrected chi connectivity index (χ4v) is 6.60. The molecule has 44 heavy (non-hydrogen) atoms. The molecule has 0 radical (unpaired) electrons. The second-order valence-electron chi connectivity index (χ2n) is 11.7. The molecule has 1 aliphatic rings. The fourth-order valence-electron chi connectivity index (χ4n) is 6.13. The lowest BCUT2D eigenvalue weighted by atomic mass is 9.81. The zero-order chi connectivity index (χ0) is 31.1. The second-order valence-corrected chi connectivity index (χ2v) is 13.0. The van der Waals surface area contributed by atoms with Crippen molar-refractivity contribution in [1.82, 2.24) is 4.57 Å². The third kappa shape index (κ3) is 5.39. The van der Waals surface area contributed by atoms with Gasteiger partial charge in [-0.2, -0.15) is 4.58 Å². The van der Waals surface area contributed by atoms with Crippen LogP contribution in [0.1, 0.15) is 30.5 Å². The van der Waals surface area contributed by atoms with Crippen molar-refractivity contribution in [2.75, 3.05) is 7.05 Å². The standard InChI is InChI=1S/C31H27N2.C7H8O3S/c1-31(2)26-14-8-10-16-29(26)32(3)30(31)20-18-22-17-19-28-25(21-22)24-13-7-9-15-27(24)33(28)23-11-5-4-6-12-23;1-6-2-4-7(5-3-6)11(8,9)10/h4-21H,1-3H3;2-5H,1H3,(H,8,9,10)/q+1;/p-1. The minimum Gasteiger partial charge on any atom is -0.744 e. The van der Waals surface area contributed by atoms with Gasteiger partial charge in [-0.15, -0.1) is 0 Å². The van der Waals surface area contributed by atoms with Gasteiger partial charge in [0.05, 0.1) is 21.3 Å². The molecule has 0 saturated heterocycles. The lowest BCUT2D eigenvalue weighted by Gasteiger charge is -2.15. The van der Waals surface area contributed by atoms with E-state index in [1.807, 2.05) is 6.92 Å². The van der Waals surface area contributed by atoms with Gasteiger partial charge in [-0.3, -0.25) is 0 Å². The first-order valence-corrected chi connectivity index (χ1v) is 16.0. The molecule has 5 nitrogen and oxygen atoms in total. The third-order valence-corrected chi connectivity index (χ3v) is 9.24. The Bertz CT molecular complexity index is 2170. The molecule has 0 aliphatic carbocycles. The van der Waals surface area contributed by atoms with Gasteiger partial charge in [-0.1, -0.05) is 78.4 Å². The quantitative estimate of drug-likeness (QED) is 0.151. The summed E-state index contributed by atoms with van der Waals surface area (Å²) in [6.07, 6.45) is 4.55. The number of allylic oxidation sites excluding steroid dienone is 1. The molecule has 6 heteroatoms. The Balaban J connectivity index is 0.000000265. The second kappa shape index (κ2) is 11.4. The van der Waals surface area contributed by atoms with Crippen molar-refractivity contribution in [2.24, 2.45) is 0 Å². The van der Waals surface area contributed by atoms with Crippen LogP contribution in [0.15, 0.2) is 132 Å². The van der Waals surface area contributed by atoms with Gasteiger partial charge in [0.2, 0.25) is 5.69 Å². The molecule has 6 aromatic rings. The summed E-state index contributed by atoms with van der Waals surface area (Å²) in [5, 5.41) is 2.56. The number of aryl methyl sites for hydroxylation is 1. The van der Waals surface area contributed by atoms with Gasteiger partial charge in [0, 0.05) is 34.2 Å². The van der Waals surface area contributed by atoms with Crippen molar-refractivity contribution in [1.29, 1.82) is 0 Å². The van der Waals surface area contributed by atoms with E-state index in [-0.39, 0.29) is 10.3 Å². The monoisotopic (exact) mass is 598 g/mol. The zero-order valence-corrected chi connectivity index (χ0v) is 26.0. The summed E-state index contributed by atoms with van der Waals surface area (Å²) in [5.41, 5.74) is 9.78. The number of para-hydroxylation sites is 3. The molecule has 5 aromatic carbocycles. The third-order valence-electron chi connectivity index (χ3n) is 8.39. The number of aromatic nitrogens is 1. The SMILES string of the molecule is C[N+]1=C(C=Cc2ccc3c(c2)c2ccccc2n3-c2ccccc2)C(C)(C)c2ccccc21.Cc1ccc(S(=O)(=O)[O-])cc1. The van der Waals surface area contributed by atoms with Crippen LogP contribution >= 0.6 is 0 Å². The van der Waals surface area contributed by atoms with Crippen molar-refractivity contribution in [3.05, 3.63) is 144 Å². The van der Waals surface area contributed by atoms with Gasteiger partial charge in [0.25, 0.3) is 0 Å². The Morgan fingerprint density at radius 1 is 0.727 bits per heavy atom. The normalized spacial score (nSPS) is 14.2. The van der Waals surface area contributed by atoms with Gasteiger partial charge >= 0.3 is 0 Å². The Morgan fingerprint density at radius 2 is 1.36 bits per heavy atom. The van der Waals surface area contributed by atoms with E-state index in [4.69, 9.17) is 0 Å². The summed E-state index contributed by atoms with van der Waals surface area (Å²) >= 11 is 0. The van der Waals surface area contributed by atoms with Crippen molar-refractivity contribution in [3.63, 3.8) is 0 Å². The van der Waals surface area contributed by atoms with Crippen molar-refractivity contribution in [2.45, 2.75) is 31.1 Å². The van der Waals surface area contributed by atoms with Crippen LogP contribution in [-0.4, -0.2) is 34.9 Å². The van der Waals surface area contributed by atoms with E-state index in [1.54, 1.807) is 12.1 Å². The lowest BCUT2D eigenvalue weighted by molar-refractivity contribution is -0.401. The van der Waals surface area contributed by atoms with Crippen LogP contribution in [0.5, 0.6) is 0 Å². The Morgan fingerprint density at radius 3 is 2.07 bits per heavy atom. The van der Waals surface area contributed by atoms with Crippen LogP contribution < -0.4 is 0 Å². The molecule has 1 aliphatic heterocycles. The molecule has 0 fully saturated rings. The summed E-state index contributed by atoms with van der Waals surface area (Å²) in [5.74, 6) is 0. The number of nitrogens with zero attached hydrogens (tertiary/aromatic N) is 2. The molecule has 0 unspecified atom stereocenters. The zero-order valence-electron chi connectivity index (χ0n) is 25.2. The Hall–Kier alpha value is -4.78. The molecule has 2 heterocycles. The number of rotatable bonds is 4. The van der Waals surface area contributed by atoms with E-state index in [0.29, 0.717) is 0 Å². The van der Waals surface area contributed by atoms with Crippen LogP contribution in [-0.2, 0) is 15.5 Å². The van der Waals surface area contributed by atoms with E-state index in [9.17, 15) is 13.0 Å². The number of hydrogen-bond acceptors (Lipinski definition) is 3. The average molecular weight is 599 g/mol. The first kappa shape index (κ1) is 29.3. The minimum absolute atomic E-state index is 0.0186. The molecular formula is C38H34N2O3S. The molecule has 0 saturated carbocycles. The molecule has 0 atom stereocenters. The molecule has 1 aromatic heterocycles. The van der Waals surface area contributed by atoms with E-state index in [1.165, 1.54) is 62.2 Å². The number of fused-ring (bicyclic) bond motifs is 4. The largest absolute Gasteiger partial charge is 0.744 e. The molecule has 0 amide bonds. The maximum atomic E-state index is 10.4. The Kier molecular flexibility index (Phi) is 7.58. The highest BCUT2D eigenvalue weighted by Gasteiger charge is 2.42. The predicted octanol–water partition coefficient (Wildman–Crippen LogP) is 8.40. The van der Waals surface area contributed by atoms with Crippen molar-refractivity contribution >= 4 is 49.4 Å². The number of hydrogen-bond donors (Lipinski definition) is 0. The first-order valence-electron chi connectivity index (χ1n) is 14.6. The summed E-state index contributed by atoms with van der Waals surface area (Å²) in [6, 6.07) is 40.6. The van der Waals surface area contributed by atoms with Gasteiger partial charge < -0.3 is 9.12 Å². The van der Waals surface area contributed by atoms with Gasteiger partial charge in [-0.25, -0.2) is 8.42 Å². The lowest BCUT2D eigenvalue weighted by Crippen LogP contribution is -2.26. The fraction of sp³-hybridized carbons (Fsp3) is 0.132. The van der Waals surface area contributed by atoms with Gasteiger partial charge in [-0.05, 0) is 74.9 Å². The van der Waals surface area contributed by atoms with Crippen LogP contribution in [0, 0.1) is 6.92 Å². The smallest absolute Gasteiger partial charge is 0.209 e. The van der Waals surface area contributed by atoms with Crippen LogP contribution in [0.25, 0.3) is 33.6 Å². The van der Waals surface area contributed by atoms with E-state index in [2.05, 4.69) is 139 Å². The van der Waals surface area contributed by atoms with E-state index in [0.717, 1.165) is 5.56 Å². The average Bonchev–Trinajstić information content (AvgIpc) is 3.44. The van der Waals surface area contributed by atoms with Crippen LogP contribution in [0.2, 0.25) is 0 Å². The first-order chi connectivity index (χ1) is 21.1. The summed E-state index contributed by atoms with van der Waals surface area (Å²) < 4.78 is 35.8. The highest BCUT2D eigenvalue weighted by molar-refractivity contribution is 7.85. The maximum Gasteiger partial charge on any atom is 0.209 e. The van der Waals surface area contributed by atoms with Crippen LogP contribution in [0.4, 0.5) is 5.69 Å². The maximum absolute atomic E-state index is 10.4.